The van der Waals surface area contributed by atoms with Crippen molar-refractivity contribution in [1.82, 2.24) is 0 Å². The number of fused-ring (bicyclic) bond motifs is 1. The van der Waals surface area contributed by atoms with E-state index in [-0.39, 0.29) is 24.4 Å². The average molecular weight is 403 g/mol. The van der Waals surface area contributed by atoms with Crippen molar-refractivity contribution in [1.29, 1.82) is 0 Å². The summed E-state index contributed by atoms with van der Waals surface area (Å²) in [4.78, 5) is 0. The Kier molecular flexibility index (Phi) is 7.33. The maximum absolute atomic E-state index is 12.6. The molecule has 0 aliphatic rings. The Morgan fingerprint density at radius 3 is 1.73 bits per heavy atom. The Labute approximate surface area is 152 Å². The fourth-order valence-electron chi connectivity index (χ4n) is 2.44. The molecule has 0 N–H and O–H groups in total. The molecule has 2 aromatic carbocycles. The third kappa shape index (κ3) is 6.03. The molecular formula is C17H17ClF6O2. The van der Waals surface area contributed by atoms with Crippen LogP contribution in [0.25, 0.3) is 10.8 Å². The molecule has 146 valence electrons. The van der Waals surface area contributed by atoms with Gasteiger partial charge >= 0.3 is 12.4 Å². The topological polar surface area (TPSA) is 18.5 Å². The second-order valence-corrected chi connectivity index (χ2v) is 5.48. The average Bonchev–Trinajstić information content (AvgIpc) is 2.53. The first-order valence-corrected chi connectivity index (χ1v) is 7.45. The van der Waals surface area contributed by atoms with Crippen molar-refractivity contribution in [3.63, 3.8) is 0 Å². The van der Waals surface area contributed by atoms with Crippen molar-refractivity contribution in [3.8, 4) is 0 Å². The van der Waals surface area contributed by atoms with Gasteiger partial charge in [-0.05, 0) is 16.8 Å². The van der Waals surface area contributed by atoms with Gasteiger partial charge in [0.1, 0.15) is 13.2 Å². The van der Waals surface area contributed by atoms with Crippen molar-refractivity contribution < 1.29 is 35.8 Å². The van der Waals surface area contributed by atoms with Crippen molar-refractivity contribution in [2.24, 2.45) is 0 Å². The fourth-order valence-corrected chi connectivity index (χ4v) is 2.44. The van der Waals surface area contributed by atoms with Crippen LogP contribution < -0.4 is 0 Å². The molecule has 0 aromatic heterocycles. The predicted octanol–water partition coefficient (Wildman–Crippen LogP) is 5.98. The predicted molar refractivity (Wildman–Crippen MR) is 87.2 cm³/mol. The Morgan fingerprint density at radius 2 is 1.27 bits per heavy atom. The highest BCUT2D eigenvalue weighted by Gasteiger charge is 2.41. The summed E-state index contributed by atoms with van der Waals surface area (Å²) in [6.45, 7) is -2.03. The molecule has 0 fully saturated rings. The summed E-state index contributed by atoms with van der Waals surface area (Å²) in [5.41, 5.74) is 0.0993. The number of halogens is 7. The summed E-state index contributed by atoms with van der Waals surface area (Å²) in [6, 6.07) is 11.5. The first-order chi connectivity index (χ1) is 11.5. The van der Waals surface area contributed by atoms with Gasteiger partial charge in [-0.3, -0.25) is 0 Å². The highest BCUT2D eigenvalue weighted by molar-refractivity contribution is 5.85. The minimum absolute atomic E-state index is 0. The molecule has 26 heavy (non-hydrogen) atoms. The molecule has 0 aliphatic carbocycles. The first-order valence-electron chi connectivity index (χ1n) is 7.45. The van der Waals surface area contributed by atoms with E-state index in [0.29, 0.717) is 5.39 Å². The number of benzene rings is 2. The molecular weight excluding hydrogens is 386 g/mol. The van der Waals surface area contributed by atoms with Crippen molar-refractivity contribution in [2.75, 3.05) is 13.2 Å². The number of alkyl halides is 6. The van der Waals surface area contributed by atoms with E-state index in [4.69, 9.17) is 9.47 Å². The van der Waals surface area contributed by atoms with E-state index in [1.165, 1.54) is 19.1 Å². The molecule has 0 aliphatic heterocycles. The van der Waals surface area contributed by atoms with Crippen LogP contribution >= 0.6 is 12.4 Å². The SMILES string of the molecule is CCC(OCC(F)(F)F)(OCC(F)(F)F)c1ccc2ccccc2c1.Cl. The smallest absolute Gasteiger partial charge is 0.336 e. The standard InChI is InChI=1S/C17H16F6O2.ClH/c1-2-15(24-10-16(18,19)20,25-11-17(21,22)23)14-8-7-12-5-3-4-6-13(12)9-14;/h3-9H,2,10-11H2,1H3;1H. The van der Waals surface area contributed by atoms with Crippen molar-refractivity contribution in [2.45, 2.75) is 31.5 Å². The molecule has 0 radical (unpaired) electrons. The highest BCUT2D eigenvalue weighted by atomic mass is 35.5. The molecule has 0 bridgehead atoms. The molecule has 2 aromatic rings. The lowest BCUT2D eigenvalue weighted by Crippen LogP contribution is -2.39. The van der Waals surface area contributed by atoms with Crippen LogP contribution in [0.15, 0.2) is 42.5 Å². The zero-order valence-electron chi connectivity index (χ0n) is 13.7. The van der Waals surface area contributed by atoms with Crippen LogP contribution in [-0.4, -0.2) is 25.6 Å². The maximum Gasteiger partial charge on any atom is 0.411 e. The second-order valence-electron chi connectivity index (χ2n) is 5.48. The van der Waals surface area contributed by atoms with Gasteiger partial charge in [-0.1, -0.05) is 43.3 Å². The Balaban J connectivity index is 0.00000338. The summed E-state index contributed by atoms with van der Waals surface area (Å²) < 4.78 is 85.0. The van der Waals surface area contributed by atoms with E-state index >= 15 is 0 Å². The largest absolute Gasteiger partial charge is 0.411 e. The van der Waals surface area contributed by atoms with Gasteiger partial charge in [0.2, 0.25) is 0 Å². The quantitative estimate of drug-likeness (QED) is 0.437. The van der Waals surface area contributed by atoms with E-state index in [1.54, 1.807) is 30.3 Å². The fraction of sp³-hybridized carbons (Fsp3) is 0.412. The van der Waals surface area contributed by atoms with Crippen molar-refractivity contribution in [3.05, 3.63) is 48.0 Å². The lowest BCUT2D eigenvalue weighted by molar-refractivity contribution is -0.318. The summed E-state index contributed by atoms with van der Waals surface area (Å²) in [5, 5.41) is 1.45. The van der Waals surface area contributed by atoms with Gasteiger partial charge in [0, 0.05) is 12.0 Å². The van der Waals surface area contributed by atoms with Gasteiger partial charge in [-0.15, -0.1) is 12.4 Å². The van der Waals surface area contributed by atoms with Gasteiger partial charge in [-0.25, -0.2) is 0 Å². The van der Waals surface area contributed by atoms with Crippen LogP contribution in [0.2, 0.25) is 0 Å². The third-order valence-electron chi connectivity index (χ3n) is 3.59. The van der Waals surface area contributed by atoms with Crippen LogP contribution in [0.4, 0.5) is 26.3 Å². The maximum atomic E-state index is 12.6. The zero-order chi connectivity index (χ0) is 18.7. The minimum Gasteiger partial charge on any atom is -0.336 e. The highest BCUT2D eigenvalue weighted by Crippen LogP contribution is 2.36. The van der Waals surface area contributed by atoms with Gasteiger partial charge in [0.05, 0.1) is 0 Å². The second kappa shape index (κ2) is 8.45. The normalized spacial score (nSPS) is 12.9. The summed E-state index contributed by atoms with van der Waals surface area (Å²) in [5.74, 6) is -2.14. The Morgan fingerprint density at radius 1 is 0.769 bits per heavy atom. The molecule has 2 nitrogen and oxygen atoms in total. The Hall–Kier alpha value is -1.51. The molecule has 0 unspecified atom stereocenters. The van der Waals surface area contributed by atoms with Crippen LogP contribution in [-0.2, 0) is 15.3 Å². The van der Waals surface area contributed by atoms with Crippen LogP contribution in [0, 0.1) is 0 Å². The zero-order valence-corrected chi connectivity index (χ0v) is 14.5. The van der Waals surface area contributed by atoms with Gasteiger partial charge in [0.25, 0.3) is 0 Å². The van der Waals surface area contributed by atoms with E-state index in [9.17, 15) is 26.3 Å². The molecule has 0 saturated heterocycles. The molecule has 0 heterocycles. The van der Waals surface area contributed by atoms with Gasteiger partial charge < -0.3 is 9.47 Å². The molecule has 0 saturated carbocycles. The third-order valence-corrected chi connectivity index (χ3v) is 3.59. The lowest BCUT2D eigenvalue weighted by atomic mass is 9.99. The number of rotatable bonds is 6. The minimum atomic E-state index is -4.70. The van der Waals surface area contributed by atoms with Crippen LogP contribution in [0.3, 0.4) is 0 Å². The van der Waals surface area contributed by atoms with Gasteiger partial charge in [0.15, 0.2) is 5.79 Å². The summed E-state index contributed by atoms with van der Waals surface area (Å²) in [7, 11) is 0. The van der Waals surface area contributed by atoms with Crippen LogP contribution in [0.5, 0.6) is 0 Å². The van der Waals surface area contributed by atoms with E-state index in [2.05, 4.69) is 0 Å². The summed E-state index contributed by atoms with van der Waals surface area (Å²) >= 11 is 0. The monoisotopic (exact) mass is 402 g/mol. The molecule has 0 amide bonds. The summed E-state index contributed by atoms with van der Waals surface area (Å²) in [6.07, 6.45) is -9.62. The van der Waals surface area contributed by atoms with E-state index in [0.717, 1.165) is 5.39 Å². The van der Waals surface area contributed by atoms with Crippen LogP contribution in [0.1, 0.15) is 18.9 Å². The van der Waals surface area contributed by atoms with E-state index < -0.39 is 31.4 Å². The van der Waals surface area contributed by atoms with Crippen molar-refractivity contribution >= 4 is 23.2 Å². The molecule has 2 rings (SSSR count). The number of hydrogen-bond acceptors (Lipinski definition) is 2. The van der Waals surface area contributed by atoms with Gasteiger partial charge in [-0.2, -0.15) is 26.3 Å². The lowest BCUT2D eigenvalue weighted by Gasteiger charge is -2.34. The molecule has 9 heteroatoms. The molecule has 0 spiro atoms. The Bertz CT molecular complexity index is 696. The number of hydrogen-bond donors (Lipinski definition) is 0. The number of ether oxygens (including phenoxy) is 2. The first kappa shape index (κ1) is 22.5. The molecule has 0 atom stereocenters. The van der Waals surface area contributed by atoms with E-state index in [1.807, 2.05) is 0 Å².